The van der Waals surface area contributed by atoms with Gasteiger partial charge in [0.05, 0.1) is 24.0 Å². The van der Waals surface area contributed by atoms with Crippen molar-refractivity contribution in [3.63, 3.8) is 0 Å². The van der Waals surface area contributed by atoms with E-state index in [4.69, 9.17) is 10.5 Å². The van der Waals surface area contributed by atoms with Crippen molar-refractivity contribution < 1.29 is 27.4 Å². The fourth-order valence-electron chi connectivity index (χ4n) is 4.20. The highest BCUT2D eigenvalue weighted by atomic mass is 19.3. The molecule has 186 valence electrons. The van der Waals surface area contributed by atoms with Gasteiger partial charge in [-0.25, -0.2) is 9.07 Å². The maximum absolute atomic E-state index is 15.3. The van der Waals surface area contributed by atoms with E-state index in [0.29, 0.717) is 30.3 Å². The van der Waals surface area contributed by atoms with Crippen LogP contribution < -0.4 is 10.5 Å². The summed E-state index contributed by atoms with van der Waals surface area (Å²) < 4.78 is 52.0. The van der Waals surface area contributed by atoms with Gasteiger partial charge in [-0.05, 0) is 35.7 Å². The molecule has 0 unspecified atom stereocenters. The Morgan fingerprint density at radius 3 is 2.74 bits per heavy atom. The van der Waals surface area contributed by atoms with Crippen LogP contribution in [0.25, 0.3) is 16.9 Å². The van der Waals surface area contributed by atoms with Crippen molar-refractivity contribution in [2.45, 2.75) is 26.6 Å². The second-order valence-electron chi connectivity index (χ2n) is 8.83. The monoisotopic (exact) mass is 488 g/mol. The Morgan fingerprint density at radius 2 is 2.06 bits per heavy atom. The number of alkyl halides is 2. The summed E-state index contributed by atoms with van der Waals surface area (Å²) in [6.07, 6.45) is 1.07. The summed E-state index contributed by atoms with van der Waals surface area (Å²) in [7, 11) is 0. The SMILES string of the molecule is CC(C)CN1CCO[C@@H](c2ccc(-c3nn(-c4cccc(OC(F)F)c4)cc3C(N)=O)c(F)c2)C1. The first-order valence-corrected chi connectivity index (χ1v) is 11.3. The molecule has 0 radical (unpaired) electrons. The Labute approximate surface area is 201 Å². The van der Waals surface area contributed by atoms with Crippen molar-refractivity contribution in [3.8, 4) is 22.7 Å². The minimum absolute atomic E-state index is 0.00569. The molecule has 0 spiro atoms. The van der Waals surface area contributed by atoms with E-state index >= 15 is 4.39 Å². The van der Waals surface area contributed by atoms with Crippen molar-refractivity contribution in [3.05, 3.63) is 65.6 Å². The number of nitrogens with zero attached hydrogens (tertiary/aromatic N) is 3. The molecule has 2 aromatic carbocycles. The summed E-state index contributed by atoms with van der Waals surface area (Å²) in [5.41, 5.74) is 6.70. The number of aromatic nitrogens is 2. The zero-order valence-corrected chi connectivity index (χ0v) is 19.5. The molecular formula is C25H27F3N4O3. The van der Waals surface area contributed by atoms with Gasteiger partial charge in [0.1, 0.15) is 17.3 Å². The molecule has 3 aromatic rings. The van der Waals surface area contributed by atoms with Crippen LogP contribution in [0.1, 0.15) is 35.9 Å². The highest BCUT2D eigenvalue weighted by molar-refractivity contribution is 5.98. The van der Waals surface area contributed by atoms with Gasteiger partial charge < -0.3 is 15.2 Å². The molecule has 1 fully saturated rings. The lowest BCUT2D eigenvalue weighted by Crippen LogP contribution is -2.40. The molecule has 35 heavy (non-hydrogen) atoms. The van der Waals surface area contributed by atoms with Gasteiger partial charge in [-0.1, -0.05) is 26.0 Å². The molecule has 1 aromatic heterocycles. The van der Waals surface area contributed by atoms with Crippen molar-refractivity contribution in [1.29, 1.82) is 0 Å². The molecule has 1 saturated heterocycles. The van der Waals surface area contributed by atoms with Gasteiger partial charge in [0, 0.05) is 37.5 Å². The normalized spacial score (nSPS) is 16.7. The molecule has 7 nitrogen and oxygen atoms in total. The predicted octanol–water partition coefficient (Wildman–Crippen LogP) is 4.41. The van der Waals surface area contributed by atoms with E-state index in [9.17, 15) is 13.6 Å². The molecule has 1 amide bonds. The van der Waals surface area contributed by atoms with Gasteiger partial charge >= 0.3 is 6.61 Å². The Morgan fingerprint density at radius 1 is 1.26 bits per heavy atom. The van der Waals surface area contributed by atoms with Gasteiger partial charge in [0.25, 0.3) is 5.91 Å². The number of benzene rings is 2. The number of carbonyl (C=O) groups is 1. The number of primary amides is 1. The zero-order chi connectivity index (χ0) is 25.1. The average Bonchev–Trinajstić information content (AvgIpc) is 3.24. The van der Waals surface area contributed by atoms with E-state index in [2.05, 4.69) is 28.6 Å². The van der Waals surface area contributed by atoms with Gasteiger partial charge in [-0.15, -0.1) is 0 Å². The third-order valence-electron chi connectivity index (χ3n) is 5.68. The van der Waals surface area contributed by atoms with Crippen LogP contribution in [0.15, 0.2) is 48.7 Å². The van der Waals surface area contributed by atoms with Crippen LogP contribution >= 0.6 is 0 Å². The van der Waals surface area contributed by atoms with Crippen LogP contribution in [0.4, 0.5) is 13.2 Å². The Balaban J connectivity index is 1.64. The lowest BCUT2D eigenvalue weighted by atomic mass is 10.0. The summed E-state index contributed by atoms with van der Waals surface area (Å²) in [5, 5.41) is 4.33. The highest BCUT2D eigenvalue weighted by Crippen LogP contribution is 2.31. The second kappa shape index (κ2) is 10.5. The van der Waals surface area contributed by atoms with Crippen LogP contribution in [-0.2, 0) is 4.74 Å². The standard InChI is InChI=1S/C25H27F3N4O3/c1-15(2)12-31-8-9-34-22(14-31)16-6-7-19(21(26)10-16)23-20(24(29)33)13-32(30-23)17-4-3-5-18(11-17)35-25(27)28/h3-7,10-11,13,15,22,25H,8-9,12,14H2,1-2H3,(H2,29,33)/t22-/m1/s1. The molecule has 1 aliphatic rings. The third kappa shape index (κ3) is 5.83. The smallest absolute Gasteiger partial charge is 0.387 e. The fraction of sp³-hybridized carbons (Fsp3) is 0.360. The minimum Gasteiger partial charge on any atom is -0.435 e. The lowest BCUT2D eigenvalue weighted by molar-refractivity contribution is -0.0498. The van der Waals surface area contributed by atoms with Crippen molar-refractivity contribution >= 4 is 5.91 Å². The molecule has 4 rings (SSSR count). The number of nitrogens with two attached hydrogens (primary N) is 1. The van der Waals surface area contributed by atoms with E-state index < -0.39 is 18.3 Å². The van der Waals surface area contributed by atoms with Gasteiger partial charge in [0.2, 0.25) is 0 Å². The Hall–Kier alpha value is -3.37. The molecule has 0 aliphatic carbocycles. The number of amides is 1. The van der Waals surface area contributed by atoms with E-state index in [-0.39, 0.29) is 28.7 Å². The van der Waals surface area contributed by atoms with Gasteiger partial charge in [-0.2, -0.15) is 13.9 Å². The van der Waals surface area contributed by atoms with Crippen molar-refractivity contribution in [2.24, 2.45) is 11.7 Å². The molecule has 1 atom stereocenters. The number of rotatable bonds is 8. The third-order valence-corrected chi connectivity index (χ3v) is 5.68. The first-order chi connectivity index (χ1) is 16.7. The highest BCUT2D eigenvalue weighted by Gasteiger charge is 2.25. The number of hydrogen-bond acceptors (Lipinski definition) is 5. The molecule has 1 aliphatic heterocycles. The summed E-state index contributed by atoms with van der Waals surface area (Å²) >= 11 is 0. The van der Waals surface area contributed by atoms with Crippen molar-refractivity contribution in [1.82, 2.24) is 14.7 Å². The molecule has 10 heteroatoms. The molecule has 2 N–H and O–H groups in total. The van der Waals surface area contributed by atoms with Crippen LogP contribution in [0.3, 0.4) is 0 Å². The Kier molecular flexibility index (Phi) is 7.42. The maximum Gasteiger partial charge on any atom is 0.387 e. The summed E-state index contributed by atoms with van der Waals surface area (Å²) in [6.45, 7) is 4.30. The van der Waals surface area contributed by atoms with E-state index in [0.717, 1.165) is 13.1 Å². The quantitative estimate of drug-likeness (QED) is 0.508. The maximum atomic E-state index is 15.3. The van der Waals surface area contributed by atoms with Crippen LogP contribution in [0, 0.1) is 11.7 Å². The van der Waals surface area contributed by atoms with E-state index in [1.54, 1.807) is 18.2 Å². The lowest BCUT2D eigenvalue weighted by Gasteiger charge is -2.34. The van der Waals surface area contributed by atoms with Crippen LogP contribution in [0.5, 0.6) is 5.75 Å². The largest absolute Gasteiger partial charge is 0.435 e. The fourth-order valence-corrected chi connectivity index (χ4v) is 4.20. The minimum atomic E-state index is -2.99. The first kappa shape index (κ1) is 24.7. The number of ether oxygens (including phenoxy) is 2. The number of halogens is 3. The average molecular weight is 489 g/mol. The molecule has 0 bridgehead atoms. The summed E-state index contributed by atoms with van der Waals surface area (Å²) in [5.74, 6) is -0.938. The number of carbonyl (C=O) groups excluding carboxylic acids is 1. The topological polar surface area (TPSA) is 82.6 Å². The van der Waals surface area contributed by atoms with E-state index in [1.165, 1.54) is 35.1 Å². The summed E-state index contributed by atoms with van der Waals surface area (Å²) in [4.78, 5) is 14.4. The number of hydrogen-bond donors (Lipinski definition) is 1. The molecular weight excluding hydrogens is 461 g/mol. The molecule has 0 saturated carbocycles. The number of morpholine rings is 1. The Bertz CT molecular complexity index is 1200. The van der Waals surface area contributed by atoms with Gasteiger partial charge in [0.15, 0.2) is 0 Å². The van der Waals surface area contributed by atoms with E-state index in [1.807, 2.05) is 0 Å². The first-order valence-electron chi connectivity index (χ1n) is 11.3. The van der Waals surface area contributed by atoms with Crippen LogP contribution in [-0.4, -0.2) is 53.4 Å². The summed E-state index contributed by atoms with van der Waals surface area (Å²) in [6, 6.07) is 10.5. The van der Waals surface area contributed by atoms with Crippen molar-refractivity contribution in [2.75, 3.05) is 26.2 Å². The second-order valence-corrected chi connectivity index (χ2v) is 8.83. The van der Waals surface area contributed by atoms with Crippen LogP contribution in [0.2, 0.25) is 0 Å². The molecule has 2 heterocycles. The van der Waals surface area contributed by atoms with Gasteiger partial charge in [-0.3, -0.25) is 9.69 Å². The predicted molar refractivity (Wildman–Crippen MR) is 124 cm³/mol. The zero-order valence-electron chi connectivity index (χ0n) is 19.5.